The van der Waals surface area contributed by atoms with Gasteiger partial charge in [-0.1, -0.05) is 4.89 Å². The highest BCUT2D eigenvalue weighted by atomic mass is 32.2. The third-order valence-corrected chi connectivity index (χ3v) is 2.12. The van der Waals surface area contributed by atoms with Crippen LogP contribution in [0.5, 0.6) is 0 Å². The van der Waals surface area contributed by atoms with Gasteiger partial charge in [0.15, 0.2) is 6.61 Å². The fraction of sp³-hybridized carbons (Fsp3) is 0.800. The highest BCUT2D eigenvalue weighted by Crippen LogP contribution is 2.13. The van der Waals surface area contributed by atoms with E-state index in [0.717, 1.165) is 4.89 Å². The van der Waals surface area contributed by atoms with Crippen LogP contribution in [0, 0.1) is 0 Å². The van der Waals surface area contributed by atoms with Gasteiger partial charge in [-0.2, -0.15) is 13.2 Å². The molecule has 0 atom stereocenters. The van der Waals surface area contributed by atoms with Gasteiger partial charge in [-0.05, 0) is 0 Å². The van der Waals surface area contributed by atoms with Crippen LogP contribution in [0.25, 0.3) is 0 Å². The van der Waals surface area contributed by atoms with Crippen LogP contribution >= 0.6 is 0 Å². The van der Waals surface area contributed by atoms with Crippen molar-refractivity contribution in [2.75, 3.05) is 12.4 Å². The molecular weight excluding hydrogens is 243 g/mol. The standard InChI is InChI=1S/C5H8F3NO5S/c6-5(7,8)3-14-9-15(12,13)2-1-4(10)11/h9H,1-3H2,(H,10,11). The Morgan fingerprint density at radius 3 is 2.33 bits per heavy atom. The van der Waals surface area contributed by atoms with E-state index in [1.807, 2.05) is 0 Å². The van der Waals surface area contributed by atoms with Crippen molar-refractivity contribution < 1.29 is 36.3 Å². The molecule has 0 aromatic carbocycles. The molecule has 0 aromatic rings. The van der Waals surface area contributed by atoms with E-state index in [0.29, 0.717) is 0 Å². The molecule has 0 saturated heterocycles. The number of hydrogen-bond donors (Lipinski definition) is 2. The Hall–Kier alpha value is -0.870. The number of carboxylic acids is 1. The van der Waals surface area contributed by atoms with Gasteiger partial charge in [0.2, 0.25) is 10.0 Å². The zero-order valence-corrected chi connectivity index (χ0v) is 8.06. The highest BCUT2D eigenvalue weighted by Gasteiger charge is 2.28. The Bertz CT molecular complexity index is 311. The summed E-state index contributed by atoms with van der Waals surface area (Å²) < 4.78 is 56.0. The van der Waals surface area contributed by atoms with Crippen LogP contribution in [-0.4, -0.2) is 38.0 Å². The Balaban J connectivity index is 3.90. The van der Waals surface area contributed by atoms with E-state index in [4.69, 9.17) is 5.11 Å². The van der Waals surface area contributed by atoms with E-state index in [1.165, 1.54) is 0 Å². The molecule has 15 heavy (non-hydrogen) atoms. The van der Waals surface area contributed by atoms with Gasteiger partial charge in [-0.15, -0.1) is 0 Å². The second-order valence-electron chi connectivity index (χ2n) is 2.45. The summed E-state index contributed by atoms with van der Waals surface area (Å²) in [5.74, 6) is -2.23. The smallest absolute Gasteiger partial charge is 0.413 e. The van der Waals surface area contributed by atoms with Gasteiger partial charge < -0.3 is 5.11 Å². The van der Waals surface area contributed by atoms with Crippen molar-refractivity contribution >= 4 is 16.0 Å². The molecule has 2 N–H and O–H groups in total. The van der Waals surface area contributed by atoms with Gasteiger partial charge in [0.25, 0.3) is 0 Å². The minimum atomic E-state index is -4.66. The molecule has 0 aliphatic rings. The zero-order valence-electron chi connectivity index (χ0n) is 7.24. The molecule has 0 heterocycles. The van der Waals surface area contributed by atoms with Gasteiger partial charge in [-0.3, -0.25) is 9.63 Å². The van der Waals surface area contributed by atoms with Crippen LogP contribution in [-0.2, 0) is 19.7 Å². The Morgan fingerprint density at radius 2 is 1.93 bits per heavy atom. The van der Waals surface area contributed by atoms with Crippen molar-refractivity contribution in [3.05, 3.63) is 0 Å². The predicted molar refractivity (Wildman–Crippen MR) is 41.2 cm³/mol. The Kier molecular flexibility index (Phi) is 4.97. The van der Waals surface area contributed by atoms with Gasteiger partial charge >= 0.3 is 12.1 Å². The van der Waals surface area contributed by atoms with Crippen molar-refractivity contribution in [1.82, 2.24) is 4.89 Å². The molecule has 0 fully saturated rings. The van der Waals surface area contributed by atoms with E-state index in [9.17, 15) is 26.4 Å². The summed E-state index contributed by atoms with van der Waals surface area (Å²) in [5, 5.41) is 8.12. The van der Waals surface area contributed by atoms with E-state index in [1.54, 1.807) is 0 Å². The molecule has 0 bridgehead atoms. The predicted octanol–water partition coefficient (Wildman–Crippen LogP) is -0.126. The van der Waals surface area contributed by atoms with E-state index >= 15 is 0 Å². The fourth-order valence-electron chi connectivity index (χ4n) is 0.464. The lowest BCUT2D eigenvalue weighted by Gasteiger charge is -2.08. The summed E-state index contributed by atoms with van der Waals surface area (Å²) in [6.07, 6.45) is -5.37. The number of rotatable bonds is 6. The number of aliphatic carboxylic acids is 1. The first-order chi connectivity index (χ1) is 6.62. The molecule has 0 aliphatic heterocycles. The molecule has 0 rings (SSSR count). The van der Waals surface area contributed by atoms with E-state index < -0.39 is 40.9 Å². The third kappa shape index (κ3) is 9.43. The summed E-state index contributed by atoms with van der Waals surface area (Å²) in [4.78, 5) is 14.8. The molecule has 6 nitrogen and oxygen atoms in total. The first-order valence-corrected chi connectivity index (χ1v) is 5.17. The minimum Gasteiger partial charge on any atom is -0.481 e. The normalized spacial score (nSPS) is 12.7. The number of carbonyl (C=O) groups is 1. The average molecular weight is 251 g/mol. The van der Waals surface area contributed by atoms with Gasteiger partial charge in [0, 0.05) is 0 Å². The lowest BCUT2D eigenvalue weighted by atomic mass is 10.5. The topological polar surface area (TPSA) is 92.7 Å². The largest absolute Gasteiger partial charge is 0.481 e. The average Bonchev–Trinajstić information content (AvgIpc) is 1.98. The van der Waals surface area contributed by atoms with Crippen molar-refractivity contribution in [2.24, 2.45) is 0 Å². The molecule has 0 unspecified atom stereocenters. The summed E-state index contributed by atoms with van der Waals surface area (Å²) in [5.41, 5.74) is 0. The first kappa shape index (κ1) is 14.1. The molecule has 0 aromatic heterocycles. The Morgan fingerprint density at radius 1 is 1.40 bits per heavy atom. The lowest BCUT2D eigenvalue weighted by molar-refractivity contribution is -0.181. The van der Waals surface area contributed by atoms with Gasteiger partial charge in [0.1, 0.15) is 0 Å². The third-order valence-electron chi connectivity index (χ3n) is 1.01. The number of hydrogen-bond acceptors (Lipinski definition) is 4. The van der Waals surface area contributed by atoms with Gasteiger partial charge in [0.05, 0.1) is 12.2 Å². The number of carboxylic acid groups (broad SMARTS) is 1. The summed E-state index contributed by atoms with van der Waals surface area (Å²) in [7, 11) is -4.15. The summed E-state index contributed by atoms with van der Waals surface area (Å²) in [6, 6.07) is 0. The molecule has 90 valence electrons. The van der Waals surface area contributed by atoms with Crippen LogP contribution < -0.4 is 4.89 Å². The van der Waals surface area contributed by atoms with E-state index in [2.05, 4.69) is 4.84 Å². The summed E-state index contributed by atoms with van der Waals surface area (Å²) in [6.45, 7) is -1.78. The molecule has 0 amide bonds. The highest BCUT2D eigenvalue weighted by molar-refractivity contribution is 7.89. The SMILES string of the molecule is O=C(O)CCS(=O)(=O)NOCC(F)(F)F. The van der Waals surface area contributed by atoms with E-state index in [-0.39, 0.29) is 0 Å². The van der Waals surface area contributed by atoms with Gasteiger partial charge in [-0.25, -0.2) is 8.42 Å². The van der Waals surface area contributed by atoms with Crippen LogP contribution in [0.4, 0.5) is 13.2 Å². The van der Waals surface area contributed by atoms with Crippen LogP contribution in [0.2, 0.25) is 0 Å². The molecule has 10 heteroatoms. The Labute approximate surface area is 83.0 Å². The maximum Gasteiger partial charge on any atom is 0.413 e. The summed E-state index contributed by atoms with van der Waals surface area (Å²) >= 11 is 0. The second kappa shape index (κ2) is 5.28. The quantitative estimate of drug-likeness (QED) is 0.642. The monoisotopic (exact) mass is 251 g/mol. The lowest BCUT2D eigenvalue weighted by Crippen LogP contribution is -2.31. The molecule has 0 spiro atoms. The van der Waals surface area contributed by atoms with Crippen LogP contribution in [0.15, 0.2) is 0 Å². The van der Waals surface area contributed by atoms with Crippen molar-refractivity contribution in [2.45, 2.75) is 12.6 Å². The molecular formula is C5H8F3NO5S. The molecule has 0 radical (unpaired) electrons. The molecule has 0 saturated carbocycles. The second-order valence-corrected chi connectivity index (χ2v) is 4.25. The maximum atomic E-state index is 11.5. The van der Waals surface area contributed by atoms with Crippen molar-refractivity contribution in [3.8, 4) is 0 Å². The number of nitrogens with one attached hydrogen (secondary N) is 1. The fourth-order valence-corrected chi connectivity index (χ4v) is 1.23. The first-order valence-electron chi connectivity index (χ1n) is 3.52. The maximum absolute atomic E-state index is 11.5. The van der Waals surface area contributed by atoms with Crippen molar-refractivity contribution in [1.29, 1.82) is 0 Å². The van der Waals surface area contributed by atoms with Crippen LogP contribution in [0.1, 0.15) is 6.42 Å². The zero-order chi connectivity index (χ0) is 12.1. The number of sulfonamides is 1. The number of halogens is 3. The minimum absolute atomic E-state index is 0.718. The van der Waals surface area contributed by atoms with Crippen LogP contribution in [0.3, 0.4) is 0 Å². The number of alkyl halides is 3. The molecule has 0 aliphatic carbocycles. The van der Waals surface area contributed by atoms with Crippen molar-refractivity contribution in [3.63, 3.8) is 0 Å².